The summed E-state index contributed by atoms with van der Waals surface area (Å²) in [5.41, 5.74) is 1.50. The molecule has 1 aromatic carbocycles. The summed E-state index contributed by atoms with van der Waals surface area (Å²) in [7, 11) is 0. The van der Waals surface area contributed by atoms with E-state index in [4.69, 9.17) is 4.74 Å². The maximum atomic E-state index is 12.3. The van der Waals surface area contributed by atoms with Gasteiger partial charge in [-0.15, -0.1) is 0 Å². The number of aryl methyl sites for hydroxylation is 1. The van der Waals surface area contributed by atoms with Crippen molar-refractivity contribution in [3.05, 3.63) is 34.2 Å². The quantitative estimate of drug-likeness (QED) is 0.646. The van der Waals surface area contributed by atoms with Crippen LogP contribution in [0.4, 0.5) is 0 Å². The minimum absolute atomic E-state index is 0.0853. The Hall–Kier alpha value is -2.52. The number of benzene rings is 1. The van der Waals surface area contributed by atoms with Crippen LogP contribution in [0.25, 0.3) is 22.4 Å². The molecule has 1 atom stereocenters. The lowest BCUT2D eigenvalue weighted by molar-refractivity contribution is 0.341. The predicted molar refractivity (Wildman–Crippen MR) is 92.3 cm³/mol. The molecule has 0 aliphatic heterocycles. The average molecular weight is 361 g/mol. The third-order valence-corrected chi connectivity index (χ3v) is 4.32. The molecule has 2 N–H and O–H groups in total. The number of hydrogen-bond donors (Lipinski definition) is 2. The fourth-order valence-electron chi connectivity index (χ4n) is 2.59. The summed E-state index contributed by atoms with van der Waals surface area (Å²) in [6.07, 6.45) is 1.57. The first-order chi connectivity index (χ1) is 12.0. The minimum Gasteiger partial charge on any atom is -0.768 e. The summed E-state index contributed by atoms with van der Waals surface area (Å²) in [6.45, 7) is 4.23. The number of ether oxygens (including phenoxy) is 1. The number of rotatable bonds is 6. The fraction of sp³-hybridized carbons (Fsp3) is 0.312. The van der Waals surface area contributed by atoms with Crippen LogP contribution in [0.15, 0.2) is 27.9 Å². The Morgan fingerprint density at radius 2 is 2.08 bits per heavy atom. The first-order valence-electron chi connectivity index (χ1n) is 7.88. The Morgan fingerprint density at radius 3 is 2.76 bits per heavy atom. The van der Waals surface area contributed by atoms with E-state index in [9.17, 15) is 13.6 Å². The zero-order chi connectivity index (χ0) is 18.0. The lowest BCUT2D eigenvalue weighted by atomic mass is 10.1. The van der Waals surface area contributed by atoms with Crippen LogP contribution in [0.3, 0.4) is 0 Å². The van der Waals surface area contributed by atoms with Crippen molar-refractivity contribution in [2.75, 3.05) is 6.61 Å². The van der Waals surface area contributed by atoms with Gasteiger partial charge < -0.3 is 14.3 Å². The molecule has 3 aromatic rings. The molecule has 2 heterocycles. The van der Waals surface area contributed by atoms with Crippen molar-refractivity contribution in [2.24, 2.45) is 0 Å². The van der Waals surface area contributed by atoms with Crippen molar-refractivity contribution in [1.82, 2.24) is 20.2 Å². The molecular formula is C16H17N4O4S-. The van der Waals surface area contributed by atoms with Crippen molar-refractivity contribution >= 4 is 22.1 Å². The van der Waals surface area contributed by atoms with Crippen LogP contribution in [0, 0.1) is 0 Å². The van der Waals surface area contributed by atoms with Crippen molar-refractivity contribution in [2.45, 2.75) is 31.6 Å². The molecule has 2 aromatic heterocycles. The summed E-state index contributed by atoms with van der Waals surface area (Å²) in [6, 6.07) is 4.42. The number of fused-ring (bicyclic) bond motifs is 1. The van der Waals surface area contributed by atoms with E-state index in [1.54, 1.807) is 6.07 Å². The molecule has 1 unspecified atom stereocenters. The average Bonchev–Trinajstić information content (AvgIpc) is 2.99. The molecule has 0 aliphatic rings. The second kappa shape index (κ2) is 7.16. The Morgan fingerprint density at radius 1 is 1.28 bits per heavy atom. The Kier molecular flexibility index (Phi) is 4.95. The van der Waals surface area contributed by atoms with Crippen molar-refractivity contribution in [3.8, 4) is 17.1 Å². The molecule has 0 bridgehead atoms. The van der Waals surface area contributed by atoms with E-state index < -0.39 is 16.6 Å². The number of aromatic nitrogens is 4. The molecule has 8 nitrogen and oxygen atoms in total. The summed E-state index contributed by atoms with van der Waals surface area (Å²) in [5.74, 6) is 0.687. The predicted octanol–water partition coefficient (Wildman–Crippen LogP) is 1.90. The molecule has 0 fully saturated rings. The highest BCUT2D eigenvalue weighted by molar-refractivity contribution is 7.79. The Labute approximate surface area is 145 Å². The second-order valence-corrected chi connectivity index (χ2v) is 6.33. The summed E-state index contributed by atoms with van der Waals surface area (Å²) in [5, 5.41) is 6.86. The zero-order valence-corrected chi connectivity index (χ0v) is 14.6. The van der Waals surface area contributed by atoms with Gasteiger partial charge in [0.2, 0.25) is 0 Å². The number of H-pyrrole nitrogens is 2. The topological polar surface area (TPSA) is 124 Å². The molecule has 0 spiro atoms. The summed E-state index contributed by atoms with van der Waals surface area (Å²) >= 11 is -2.40. The van der Waals surface area contributed by atoms with E-state index in [0.29, 0.717) is 29.9 Å². The van der Waals surface area contributed by atoms with Gasteiger partial charge in [-0.1, -0.05) is 13.3 Å². The molecule has 9 heteroatoms. The van der Waals surface area contributed by atoms with Gasteiger partial charge in [0, 0.05) is 4.90 Å². The van der Waals surface area contributed by atoms with E-state index in [1.807, 2.05) is 13.8 Å². The van der Waals surface area contributed by atoms with Crippen molar-refractivity contribution in [1.29, 1.82) is 0 Å². The Balaban J connectivity index is 2.24. The van der Waals surface area contributed by atoms with E-state index in [-0.39, 0.29) is 16.2 Å². The van der Waals surface area contributed by atoms with Gasteiger partial charge in [0.25, 0.3) is 5.56 Å². The summed E-state index contributed by atoms with van der Waals surface area (Å²) in [4.78, 5) is 19.6. The lowest BCUT2D eigenvalue weighted by Gasteiger charge is -2.13. The monoisotopic (exact) mass is 361 g/mol. The standard InChI is InChI=1S/C16H18N4O4S/c1-3-5-11-13-14(20-19-11)16(21)18-15(17-13)10-8-9(25(22)23)6-7-12(10)24-4-2/h6-8H,3-5H2,1-2H3,(H,19,20)(H,22,23)(H,17,18,21)/p-1. The minimum atomic E-state index is -2.40. The fourth-order valence-corrected chi connectivity index (χ4v) is 2.98. The molecule has 0 radical (unpaired) electrons. The van der Waals surface area contributed by atoms with Crippen LogP contribution in [-0.2, 0) is 17.5 Å². The van der Waals surface area contributed by atoms with E-state index in [1.165, 1.54) is 12.1 Å². The largest absolute Gasteiger partial charge is 0.768 e. The van der Waals surface area contributed by atoms with Crippen LogP contribution < -0.4 is 10.3 Å². The SMILES string of the molecule is CCCc1[nH]nc2c(=O)[nH]c(-c3cc(S(=O)[O-])ccc3OCC)nc12. The van der Waals surface area contributed by atoms with Gasteiger partial charge in [-0.2, -0.15) is 5.10 Å². The van der Waals surface area contributed by atoms with Gasteiger partial charge in [-0.05, 0) is 42.6 Å². The molecule has 0 amide bonds. The number of nitrogens with zero attached hydrogens (tertiary/aromatic N) is 2. The van der Waals surface area contributed by atoms with Crippen molar-refractivity contribution in [3.63, 3.8) is 0 Å². The first kappa shape index (κ1) is 17.3. The number of nitrogens with one attached hydrogen (secondary N) is 2. The molecule has 0 aliphatic carbocycles. The molecule has 25 heavy (non-hydrogen) atoms. The van der Waals surface area contributed by atoms with Gasteiger partial charge in [0.05, 0.1) is 17.9 Å². The van der Waals surface area contributed by atoms with Crippen LogP contribution in [0.5, 0.6) is 5.75 Å². The van der Waals surface area contributed by atoms with Gasteiger partial charge in [0.1, 0.15) is 17.1 Å². The van der Waals surface area contributed by atoms with Gasteiger partial charge in [-0.3, -0.25) is 14.1 Å². The highest BCUT2D eigenvalue weighted by atomic mass is 32.2. The lowest BCUT2D eigenvalue weighted by Crippen LogP contribution is -2.10. The van der Waals surface area contributed by atoms with Gasteiger partial charge in [-0.25, -0.2) is 4.98 Å². The van der Waals surface area contributed by atoms with Crippen molar-refractivity contribution < 1.29 is 13.5 Å². The molecule has 132 valence electrons. The van der Waals surface area contributed by atoms with E-state index in [0.717, 1.165) is 12.1 Å². The van der Waals surface area contributed by atoms with Crippen LogP contribution in [0.1, 0.15) is 26.0 Å². The smallest absolute Gasteiger partial charge is 0.279 e. The maximum Gasteiger partial charge on any atom is 0.279 e. The molecule has 0 saturated heterocycles. The van der Waals surface area contributed by atoms with Gasteiger partial charge in [0.15, 0.2) is 5.52 Å². The van der Waals surface area contributed by atoms with Crippen LogP contribution in [-0.4, -0.2) is 35.5 Å². The van der Waals surface area contributed by atoms with E-state index >= 15 is 0 Å². The molecular weight excluding hydrogens is 344 g/mol. The van der Waals surface area contributed by atoms with Gasteiger partial charge >= 0.3 is 0 Å². The maximum absolute atomic E-state index is 12.3. The highest BCUT2D eigenvalue weighted by Gasteiger charge is 2.16. The first-order valence-corrected chi connectivity index (χ1v) is 8.96. The van der Waals surface area contributed by atoms with E-state index in [2.05, 4.69) is 20.2 Å². The number of hydrogen-bond acceptors (Lipinski definition) is 6. The second-order valence-electron chi connectivity index (χ2n) is 5.39. The van der Waals surface area contributed by atoms with Crippen LogP contribution in [0.2, 0.25) is 0 Å². The summed E-state index contributed by atoms with van der Waals surface area (Å²) < 4.78 is 28.1. The van der Waals surface area contributed by atoms with Crippen LogP contribution >= 0.6 is 0 Å². The Bertz CT molecular complexity index is 995. The normalized spacial score (nSPS) is 12.4. The highest BCUT2D eigenvalue weighted by Crippen LogP contribution is 2.30. The molecule has 3 rings (SSSR count). The number of aromatic amines is 2. The third-order valence-electron chi connectivity index (χ3n) is 3.68. The zero-order valence-electron chi connectivity index (χ0n) is 13.8. The third kappa shape index (κ3) is 3.33. The molecule has 0 saturated carbocycles.